The lowest BCUT2D eigenvalue weighted by Gasteiger charge is -2.06. The number of nitrogens with zero attached hydrogens (tertiary/aromatic N) is 1. The van der Waals surface area contributed by atoms with Gasteiger partial charge in [-0.25, -0.2) is 4.98 Å². The number of rotatable bonds is 5. The van der Waals surface area contributed by atoms with Gasteiger partial charge in [0, 0.05) is 40.3 Å². The molecule has 4 nitrogen and oxygen atoms in total. The van der Waals surface area contributed by atoms with Crippen LogP contribution in [0.15, 0.2) is 77.4 Å². The molecule has 0 saturated carbocycles. The van der Waals surface area contributed by atoms with Crippen LogP contribution in [0.25, 0.3) is 0 Å². The quantitative estimate of drug-likeness (QED) is 0.463. The topological polar surface area (TPSA) is 59.1 Å². The Morgan fingerprint density at radius 2 is 1.75 bits per heavy atom. The van der Waals surface area contributed by atoms with E-state index in [9.17, 15) is 9.59 Å². The molecule has 1 amide bonds. The van der Waals surface area contributed by atoms with Gasteiger partial charge < -0.3 is 5.32 Å². The Bertz CT molecular complexity index is 1040. The summed E-state index contributed by atoms with van der Waals surface area (Å²) in [4.78, 5) is 28.5. The van der Waals surface area contributed by atoms with Crippen molar-refractivity contribution in [2.45, 2.75) is 12.8 Å². The van der Waals surface area contributed by atoms with Gasteiger partial charge in [-0.05, 0) is 48.4 Å². The summed E-state index contributed by atoms with van der Waals surface area (Å²) in [6.07, 6.45) is 1.97. The smallest absolute Gasteiger partial charge is 0.224 e. The Hall–Kier alpha value is -3.23. The first-order valence-electron chi connectivity index (χ1n) is 8.72. The lowest BCUT2D eigenvalue weighted by molar-refractivity contribution is -0.116. The van der Waals surface area contributed by atoms with Crippen molar-refractivity contribution < 1.29 is 9.59 Å². The van der Waals surface area contributed by atoms with Crippen LogP contribution in [0, 0.1) is 11.8 Å². The Labute approximate surface area is 172 Å². The highest BCUT2D eigenvalue weighted by molar-refractivity contribution is 9.10. The van der Waals surface area contributed by atoms with Crippen LogP contribution in [-0.2, 0) is 4.79 Å². The molecule has 1 N–H and O–H groups in total. The van der Waals surface area contributed by atoms with Gasteiger partial charge in [0.25, 0.3) is 0 Å². The van der Waals surface area contributed by atoms with Crippen LogP contribution in [0.5, 0.6) is 0 Å². The number of carbonyl (C=O) groups excluding carboxylic acids is 2. The SMILES string of the molecule is O=C(CCC(=O)c1ccc(Br)cc1)Nc1cccc(C#Cc2ccccn2)c1. The third kappa shape index (κ3) is 5.90. The van der Waals surface area contributed by atoms with Gasteiger partial charge in [-0.2, -0.15) is 0 Å². The van der Waals surface area contributed by atoms with E-state index in [4.69, 9.17) is 0 Å². The number of nitrogens with one attached hydrogen (secondary N) is 1. The van der Waals surface area contributed by atoms with Crippen LogP contribution in [0.3, 0.4) is 0 Å². The standard InChI is InChI=1S/C23H17BrN2O2/c24-19-10-8-18(9-11-19)22(27)13-14-23(28)26-21-6-3-4-17(16-21)7-12-20-5-1-2-15-25-20/h1-6,8-11,15-16H,13-14H2,(H,26,28). The highest BCUT2D eigenvalue weighted by Gasteiger charge is 2.09. The average Bonchev–Trinajstić information content (AvgIpc) is 2.72. The van der Waals surface area contributed by atoms with E-state index in [-0.39, 0.29) is 24.5 Å². The van der Waals surface area contributed by atoms with Crippen LogP contribution in [0.1, 0.15) is 34.5 Å². The third-order valence-electron chi connectivity index (χ3n) is 3.89. The highest BCUT2D eigenvalue weighted by Crippen LogP contribution is 2.14. The van der Waals surface area contributed by atoms with Crippen LogP contribution in [-0.4, -0.2) is 16.7 Å². The number of benzene rings is 2. The monoisotopic (exact) mass is 432 g/mol. The Morgan fingerprint density at radius 3 is 2.50 bits per heavy atom. The molecule has 28 heavy (non-hydrogen) atoms. The number of halogens is 1. The molecule has 0 bridgehead atoms. The number of carbonyl (C=O) groups is 2. The molecular weight excluding hydrogens is 416 g/mol. The van der Waals surface area contributed by atoms with Gasteiger partial charge in [0.15, 0.2) is 5.78 Å². The molecule has 0 fully saturated rings. The van der Waals surface area contributed by atoms with Crippen molar-refractivity contribution >= 4 is 33.3 Å². The first kappa shape index (κ1) is 19.5. The van der Waals surface area contributed by atoms with Crippen LogP contribution >= 0.6 is 15.9 Å². The Kier molecular flexibility index (Phi) is 6.72. The minimum absolute atomic E-state index is 0.0578. The molecule has 3 rings (SSSR count). The molecule has 0 aliphatic heterocycles. The summed E-state index contributed by atoms with van der Waals surface area (Å²) in [7, 11) is 0. The van der Waals surface area contributed by atoms with Crippen LogP contribution < -0.4 is 5.32 Å². The van der Waals surface area contributed by atoms with Crippen molar-refractivity contribution in [2.75, 3.05) is 5.32 Å². The Balaban J connectivity index is 1.56. The summed E-state index contributed by atoms with van der Waals surface area (Å²) in [5.74, 6) is 5.75. The van der Waals surface area contributed by atoms with E-state index in [1.165, 1.54) is 0 Å². The predicted octanol–water partition coefficient (Wildman–Crippen LogP) is 4.85. The zero-order valence-electron chi connectivity index (χ0n) is 15.0. The fourth-order valence-corrected chi connectivity index (χ4v) is 2.74. The lowest BCUT2D eigenvalue weighted by Crippen LogP contribution is -2.13. The van der Waals surface area contributed by atoms with Crippen molar-refractivity contribution in [2.24, 2.45) is 0 Å². The van der Waals surface area contributed by atoms with Crippen molar-refractivity contribution in [3.05, 3.63) is 94.2 Å². The van der Waals surface area contributed by atoms with Gasteiger partial charge in [-0.3, -0.25) is 9.59 Å². The van der Waals surface area contributed by atoms with Gasteiger partial charge >= 0.3 is 0 Å². The second-order valence-corrected chi connectivity index (χ2v) is 6.94. The predicted molar refractivity (Wildman–Crippen MR) is 113 cm³/mol. The zero-order chi connectivity index (χ0) is 19.8. The highest BCUT2D eigenvalue weighted by atomic mass is 79.9. The molecule has 5 heteroatoms. The number of hydrogen-bond acceptors (Lipinski definition) is 3. The van der Waals surface area contributed by atoms with E-state index in [1.807, 2.05) is 42.5 Å². The normalized spacial score (nSPS) is 9.89. The summed E-state index contributed by atoms with van der Waals surface area (Å²) < 4.78 is 0.910. The maximum absolute atomic E-state index is 12.2. The summed E-state index contributed by atoms with van der Waals surface area (Å²) in [5.41, 5.74) is 2.70. The molecule has 2 aromatic carbocycles. The first-order chi connectivity index (χ1) is 13.6. The summed E-state index contributed by atoms with van der Waals surface area (Å²) in [5, 5.41) is 2.81. The van der Waals surface area contributed by atoms with E-state index in [2.05, 4.69) is 38.1 Å². The molecule has 1 aromatic heterocycles. The van der Waals surface area contributed by atoms with Gasteiger partial charge in [-0.15, -0.1) is 0 Å². The van der Waals surface area contributed by atoms with E-state index in [0.717, 1.165) is 10.0 Å². The number of hydrogen-bond donors (Lipinski definition) is 1. The number of Topliss-reactive ketones (excluding diaryl/α,β-unsaturated/α-hetero) is 1. The fourth-order valence-electron chi connectivity index (χ4n) is 2.48. The Morgan fingerprint density at radius 1 is 0.929 bits per heavy atom. The average molecular weight is 433 g/mol. The van der Waals surface area contributed by atoms with Crippen LogP contribution in [0.4, 0.5) is 5.69 Å². The lowest BCUT2D eigenvalue weighted by atomic mass is 10.1. The van der Waals surface area contributed by atoms with Gasteiger partial charge in [0.05, 0.1) is 0 Å². The van der Waals surface area contributed by atoms with Crippen LogP contribution in [0.2, 0.25) is 0 Å². The van der Waals surface area contributed by atoms with Crippen molar-refractivity contribution in [1.82, 2.24) is 4.98 Å². The molecule has 0 aliphatic carbocycles. The maximum atomic E-state index is 12.2. The van der Waals surface area contributed by atoms with E-state index >= 15 is 0 Å². The number of aromatic nitrogens is 1. The maximum Gasteiger partial charge on any atom is 0.224 e. The fraction of sp³-hybridized carbons (Fsp3) is 0.0870. The zero-order valence-corrected chi connectivity index (χ0v) is 16.6. The summed E-state index contributed by atoms with van der Waals surface area (Å²) in [6.45, 7) is 0. The second kappa shape index (κ2) is 9.63. The molecule has 138 valence electrons. The molecule has 1 heterocycles. The van der Waals surface area contributed by atoms with Gasteiger partial charge in [-0.1, -0.05) is 46.1 Å². The van der Waals surface area contributed by atoms with Gasteiger partial charge in [0.1, 0.15) is 5.69 Å². The van der Waals surface area contributed by atoms with E-state index in [0.29, 0.717) is 16.9 Å². The second-order valence-electron chi connectivity index (χ2n) is 6.02. The van der Waals surface area contributed by atoms with Gasteiger partial charge in [0.2, 0.25) is 5.91 Å². The molecule has 0 aliphatic rings. The van der Waals surface area contributed by atoms with Crippen molar-refractivity contribution in [1.29, 1.82) is 0 Å². The molecule has 3 aromatic rings. The van der Waals surface area contributed by atoms with Crippen molar-refractivity contribution in [3.63, 3.8) is 0 Å². The molecular formula is C23H17BrN2O2. The molecule has 0 radical (unpaired) electrons. The molecule has 0 atom stereocenters. The minimum Gasteiger partial charge on any atom is -0.326 e. The number of amides is 1. The number of anilines is 1. The third-order valence-corrected chi connectivity index (χ3v) is 4.42. The van der Waals surface area contributed by atoms with E-state index in [1.54, 1.807) is 30.5 Å². The summed E-state index contributed by atoms with van der Waals surface area (Å²) in [6, 6.07) is 19.9. The first-order valence-corrected chi connectivity index (χ1v) is 9.51. The minimum atomic E-state index is -0.208. The number of pyridine rings is 1. The number of ketones is 1. The molecule has 0 saturated heterocycles. The summed E-state index contributed by atoms with van der Waals surface area (Å²) >= 11 is 3.34. The van der Waals surface area contributed by atoms with Crippen molar-refractivity contribution in [3.8, 4) is 11.8 Å². The van der Waals surface area contributed by atoms with E-state index < -0.39 is 0 Å². The molecule has 0 unspecified atom stereocenters. The largest absolute Gasteiger partial charge is 0.326 e. The molecule has 0 spiro atoms.